The molecule has 0 atom stereocenters. The quantitative estimate of drug-likeness (QED) is 0.687. The molecule has 1 fully saturated rings. The highest BCUT2D eigenvalue weighted by Gasteiger charge is 2.29. The van der Waals surface area contributed by atoms with Crippen molar-refractivity contribution in [1.82, 2.24) is 4.90 Å². The molecule has 1 amide bonds. The van der Waals surface area contributed by atoms with Crippen LogP contribution in [0.25, 0.3) is 11.0 Å². The first-order chi connectivity index (χ1) is 13.7. The fourth-order valence-electron chi connectivity index (χ4n) is 3.58. The lowest BCUT2D eigenvalue weighted by atomic mass is 9.88. The molecule has 7 nitrogen and oxygen atoms in total. The summed E-state index contributed by atoms with van der Waals surface area (Å²) >= 11 is 0. The normalized spacial score (nSPS) is 15.4. The Bertz CT molecular complexity index is 887. The van der Waals surface area contributed by atoms with E-state index in [4.69, 9.17) is 18.6 Å². The molecular weight excluding hydrogens is 374 g/mol. The molecule has 29 heavy (non-hydrogen) atoms. The van der Waals surface area contributed by atoms with Crippen molar-refractivity contribution in [2.75, 3.05) is 26.8 Å². The smallest absolute Gasteiger partial charge is 0.410 e. The van der Waals surface area contributed by atoms with Gasteiger partial charge in [0, 0.05) is 24.0 Å². The van der Waals surface area contributed by atoms with Crippen molar-refractivity contribution in [3.05, 3.63) is 29.5 Å². The van der Waals surface area contributed by atoms with Crippen LogP contribution in [0.4, 0.5) is 4.79 Å². The van der Waals surface area contributed by atoms with Crippen molar-refractivity contribution in [3.8, 4) is 5.75 Å². The summed E-state index contributed by atoms with van der Waals surface area (Å²) in [5.41, 5.74) is 1.15. The molecule has 0 spiro atoms. The van der Waals surface area contributed by atoms with E-state index in [9.17, 15) is 9.59 Å². The van der Waals surface area contributed by atoms with Gasteiger partial charge in [-0.05, 0) is 64.7 Å². The van der Waals surface area contributed by atoms with Crippen LogP contribution >= 0.6 is 0 Å². The Morgan fingerprint density at radius 3 is 2.45 bits per heavy atom. The second-order valence-corrected chi connectivity index (χ2v) is 8.21. The summed E-state index contributed by atoms with van der Waals surface area (Å²) in [5, 5.41) is 0.803. The van der Waals surface area contributed by atoms with Gasteiger partial charge < -0.3 is 23.5 Å². The van der Waals surface area contributed by atoms with Crippen molar-refractivity contribution in [2.24, 2.45) is 0 Å². The highest BCUT2D eigenvalue weighted by molar-refractivity contribution is 5.94. The minimum atomic E-state index is -0.509. The van der Waals surface area contributed by atoms with Crippen LogP contribution in [0.15, 0.2) is 22.6 Å². The third-order valence-corrected chi connectivity index (χ3v) is 4.92. The van der Waals surface area contributed by atoms with E-state index in [0.29, 0.717) is 24.4 Å². The lowest BCUT2D eigenvalue weighted by Crippen LogP contribution is -2.41. The number of methoxy groups -OCH3 is 1. The summed E-state index contributed by atoms with van der Waals surface area (Å²) < 4.78 is 21.8. The molecule has 0 N–H and O–H groups in total. The molecule has 7 heteroatoms. The monoisotopic (exact) mass is 403 g/mol. The van der Waals surface area contributed by atoms with Gasteiger partial charge in [0.25, 0.3) is 0 Å². The highest BCUT2D eigenvalue weighted by Crippen LogP contribution is 2.37. The van der Waals surface area contributed by atoms with Crippen LogP contribution < -0.4 is 4.74 Å². The molecule has 1 aromatic heterocycles. The fraction of sp³-hybridized carbons (Fsp3) is 0.545. The number of likely N-dealkylation sites (tertiary alicyclic amines) is 1. The van der Waals surface area contributed by atoms with Crippen molar-refractivity contribution in [3.63, 3.8) is 0 Å². The van der Waals surface area contributed by atoms with Gasteiger partial charge in [-0.15, -0.1) is 0 Å². The summed E-state index contributed by atoms with van der Waals surface area (Å²) in [7, 11) is 1.61. The highest BCUT2D eigenvalue weighted by atomic mass is 16.6. The minimum absolute atomic E-state index is 0.183. The summed E-state index contributed by atoms with van der Waals surface area (Å²) in [6, 6.07) is 5.49. The molecule has 1 saturated heterocycles. The largest absolute Gasteiger partial charge is 0.497 e. The number of rotatable bonds is 4. The zero-order valence-corrected chi connectivity index (χ0v) is 17.7. The maximum atomic E-state index is 12.3. The molecule has 0 radical (unpaired) electrons. The van der Waals surface area contributed by atoms with Gasteiger partial charge in [-0.3, -0.25) is 0 Å². The first kappa shape index (κ1) is 21.0. The van der Waals surface area contributed by atoms with Gasteiger partial charge >= 0.3 is 12.1 Å². The number of hydrogen-bond acceptors (Lipinski definition) is 6. The van der Waals surface area contributed by atoms with Gasteiger partial charge in [-0.25, -0.2) is 9.59 Å². The van der Waals surface area contributed by atoms with Crippen LogP contribution in [0.3, 0.4) is 0 Å². The Labute approximate surface area is 170 Å². The SMILES string of the molecule is CCOC(=O)c1cc2cc(OC)cc(C3CCN(C(=O)OC(C)(C)C)CC3)c2o1. The topological polar surface area (TPSA) is 78.2 Å². The number of carbonyl (C=O) groups is 2. The van der Waals surface area contributed by atoms with Crippen LogP contribution in [0, 0.1) is 0 Å². The van der Waals surface area contributed by atoms with E-state index in [-0.39, 0.29) is 24.4 Å². The van der Waals surface area contributed by atoms with Gasteiger partial charge in [0.1, 0.15) is 16.9 Å². The molecule has 1 aliphatic rings. The van der Waals surface area contributed by atoms with Gasteiger partial charge in [0.2, 0.25) is 5.76 Å². The molecule has 2 heterocycles. The predicted molar refractivity (Wildman–Crippen MR) is 109 cm³/mol. The molecular formula is C22H29NO6. The maximum absolute atomic E-state index is 12.3. The number of fused-ring (bicyclic) bond motifs is 1. The molecule has 158 valence electrons. The zero-order valence-electron chi connectivity index (χ0n) is 17.7. The number of piperidine rings is 1. The number of nitrogens with zero attached hydrogens (tertiary/aromatic N) is 1. The molecule has 3 rings (SSSR count). The van der Waals surface area contributed by atoms with E-state index in [2.05, 4.69) is 0 Å². The molecule has 0 aliphatic carbocycles. The summed E-state index contributed by atoms with van der Waals surface area (Å²) in [6.07, 6.45) is 1.27. The van der Waals surface area contributed by atoms with Gasteiger partial charge in [0.05, 0.1) is 13.7 Å². The van der Waals surface area contributed by atoms with Crippen LogP contribution in [-0.2, 0) is 9.47 Å². The zero-order chi connectivity index (χ0) is 21.2. The lowest BCUT2D eigenvalue weighted by molar-refractivity contribution is 0.0204. The summed E-state index contributed by atoms with van der Waals surface area (Å²) in [5.74, 6) is 0.599. The second-order valence-electron chi connectivity index (χ2n) is 8.21. The minimum Gasteiger partial charge on any atom is -0.497 e. The lowest BCUT2D eigenvalue weighted by Gasteiger charge is -2.33. The Morgan fingerprint density at radius 1 is 1.17 bits per heavy atom. The number of benzene rings is 1. The van der Waals surface area contributed by atoms with Gasteiger partial charge in [-0.1, -0.05) is 0 Å². The molecule has 0 saturated carbocycles. The second kappa shape index (κ2) is 8.35. The Kier molecular flexibility index (Phi) is 6.05. The number of furan rings is 1. The van der Waals surface area contributed by atoms with Crippen LogP contribution in [-0.4, -0.2) is 49.4 Å². The number of ether oxygens (including phenoxy) is 3. The van der Waals surface area contributed by atoms with Crippen LogP contribution in [0.2, 0.25) is 0 Å². The average Bonchev–Trinajstić information content (AvgIpc) is 3.10. The first-order valence-corrected chi connectivity index (χ1v) is 9.98. The maximum Gasteiger partial charge on any atom is 0.410 e. The van der Waals surface area contributed by atoms with Crippen molar-refractivity contribution >= 4 is 23.0 Å². The van der Waals surface area contributed by atoms with E-state index in [0.717, 1.165) is 23.8 Å². The molecule has 2 aromatic rings. The molecule has 1 aliphatic heterocycles. The Hall–Kier alpha value is -2.70. The molecule has 1 aromatic carbocycles. The van der Waals surface area contributed by atoms with E-state index >= 15 is 0 Å². The van der Waals surface area contributed by atoms with Gasteiger partial charge in [0.15, 0.2) is 0 Å². The summed E-state index contributed by atoms with van der Waals surface area (Å²) in [6.45, 7) is 8.84. The van der Waals surface area contributed by atoms with E-state index < -0.39 is 11.6 Å². The van der Waals surface area contributed by atoms with Gasteiger partial charge in [-0.2, -0.15) is 0 Å². The molecule has 0 bridgehead atoms. The third-order valence-electron chi connectivity index (χ3n) is 4.92. The van der Waals surface area contributed by atoms with Crippen LogP contribution in [0.5, 0.6) is 5.75 Å². The van der Waals surface area contributed by atoms with Crippen molar-refractivity contribution in [1.29, 1.82) is 0 Å². The number of hydrogen-bond donors (Lipinski definition) is 0. The van der Waals surface area contributed by atoms with E-state index in [1.54, 1.807) is 25.0 Å². The summed E-state index contributed by atoms with van der Waals surface area (Å²) in [4.78, 5) is 26.1. The Balaban J connectivity index is 1.82. The fourth-order valence-corrected chi connectivity index (χ4v) is 3.58. The number of amides is 1. The van der Waals surface area contributed by atoms with Crippen LogP contribution in [0.1, 0.15) is 62.6 Å². The predicted octanol–water partition coefficient (Wildman–Crippen LogP) is 4.73. The van der Waals surface area contributed by atoms with Crippen molar-refractivity contribution < 1.29 is 28.2 Å². The van der Waals surface area contributed by atoms with E-state index in [1.807, 2.05) is 32.9 Å². The first-order valence-electron chi connectivity index (χ1n) is 9.98. The molecule has 0 unspecified atom stereocenters. The number of carbonyl (C=O) groups excluding carboxylic acids is 2. The third kappa shape index (κ3) is 4.83. The van der Waals surface area contributed by atoms with Crippen molar-refractivity contribution in [2.45, 2.75) is 52.1 Å². The number of esters is 1. The average molecular weight is 403 g/mol. The van der Waals surface area contributed by atoms with E-state index in [1.165, 1.54) is 0 Å². The Morgan fingerprint density at radius 2 is 1.86 bits per heavy atom. The standard InChI is InChI=1S/C22H29NO6/c1-6-27-20(24)18-12-15-11-16(26-5)13-17(19(15)28-18)14-7-9-23(10-8-14)21(25)29-22(2,3)4/h11-14H,6-10H2,1-5H3.